The van der Waals surface area contributed by atoms with Gasteiger partial charge in [-0.2, -0.15) is 0 Å². The van der Waals surface area contributed by atoms with Crippen LogP contribution in [0.3, 0.4) is 0 Å². The minimum absolute atomic E-state index is 0.716. The number of fused-ring (bicyclic) bond motifs is 1. The number of ether oxygens (including phenoxy) is 2. The lowest BCUT2D eigenvalue weighted by Crippen LogP contribution is -1.94. The molecule has 0 aliphatic rings. The van der Waals surface area contributed by atoms with Crippen molar-refractivity contribution in [3.63, 3.8) is 0 Å². The third-order valence-corrected chi connectivity index (χ3v) is 4.91. The molecule has 6 heteroatoms. The number of rotatable bonds is 5. The number of hydrogen-bond acceptors (Lipinski definition) is 6. The molecule has 0 fully saturated rings. The van der Waals surface area contributed by atoms with E-state index in [0.717, 1.165) is 38.1 Å². The Kier molecular flexibility index (Phi) is 4.60. The topological polar surface area (TPSA) is 56.3 Å². The van der Waals surface area contributed by atoms with Crippen molar-refractivity contribution in [3.05, 3.63) is 65.8 Å². The summed E-state index contributed by atoms with van der Waals surface area (Å²) >= 11 is 1.49. The molecule has 0 aliphatic heterocycles. The Hall–Kier alpha value is -3.56. The monoisotopic (exact) mass is 373 g/mol. The minimum Gasteiger partial charge on any atom is -0.497 e. The first-order valence-corrected chi connectivity index (χ1v) is 8.97. The SMILES string of the molecule is C#Cc1cc2ncnc(Nc3ccc(Oc4cccc(OC)c4)cc3)c2s1. The molecule has 27 heavy (non-hydrogen) atoms. The van der Waals surface area contributed by atoms with Crippen LogP contribution in [0.25, 0.3) is 10.2 Å². The van der Waals surface area contributed by atoms with Crippen molar-refractivity contribution in [2.75, 3.05) is 12.4 Å². The lowest BCUT2D eigenvalue weighted by atomic mass is 10.3. The lowest BCUT2D eigenvalue weighted by molar-refractivity contribution is 0.409. The van der Waals surface area contributed by atoms with E-state index >= 15 is 0 Å². The number of anilines is 2. The molecule has 132 valence electrons. The summed E-state index contributed by atoms with van der Waals surface area (Å²) in [6.07, 6.45) is 7.01. The van der Waals surface area contributed by atoms with E-state index in [1.165, 1.54) is 17.7 Å². The highest BCUT2D eigenvalue weighted by atomic mass is 32.1. The second-order valence-corrected chi connectivity index (χ2v) is 6.67. The fourth-order valence-electron chi connectivity index (χ4n) is 2.56. The molecule has 0 saturated heterocycles. The van der Waals surface area contributed by atoms with Crippen LogP contribution in [0.2, 0.25) is 0 Å². The van der Waals surface area contributed by atoms with E-state index in [4.69, 9.17) is 15.9 Å². The Morgan fingerprint density at radius 1 is 1.00 bits per heavy atom. The number of terminal acetylenes is 1. The maximum absolute atomic E-state index is 5.86. The number of thiophene rings is 1. The summed E-state index contributed by atoms with van der Waals surface area (Å²) in [5, 5.41) is 3.31. The van der Waals surface area contributed by atoms with Crippen LogP contribution >= 0.6 is 11.3 Å². The van der Waals surface area contributed by atoms with Gasteiger partial charge in [0.15, 0.2) is 5.82 Å². The number of benzene rings is 2. The van der Waals surface area contributed by atoms with Gasteiger partial charge in [0, 0.05) is 11.8 Å². The molecule has 0 saturated carbocycles. The van der Waals surface area contributed by atoms with Crippen LogP contribution in [0.4, 0.5) is 11.5 Å². The summed E-state index contributed by atoms with van der Waals surface area (Å²) in [7, 11) is 1.63. The highest BCUT2D eigenvalue weighted by Gasteiger charge is 2.08. The number of nitrogens with one attached hydrogen (secondary N) is 1. The molecule has 4 rings (SSSR count). The summed E-state index contributed by atoms with van der Waals surface area (Å²) in [6.45, 7) is 0. The van der Waals surface area contributed by atoms with E-state index in [1.54, 1.807) is 7.11 Å². The highest BCUT2D eigenvalue weighted by Crippen LogP contribution is 2.31. The fourth-order valence-corrected chi connectivity index (χ4v) is 3.42. The van der Waals surface area contributed by atoms with Crippen LogP contribution in [-0.4, -0.2) is 17.1 Å². The van der Waals surface area contributed by atoms with Gasteiger partial charge in [0.2, 0.25) is 0 Å². The van der Waals surface area contributed by atoms with E-state index in [0.29, 0.717) is 5.75 Å². The quantitative estimate of drug-likeness (QED) is 0.486. The van der Waals surface area contributed by atoms with Gasteiger partial charge in [-0.15, -0.1) is 17.8 Å². The van der Waals surface area contributed by atoms with Crippen LogP contribution in [-0.2, 0) is 0 Å². The molecule has 0 unspecified atom stereocenters. The smallest absolute Gasteiger partial charge is 0.151 e. The minimum atomic E-state index is 0.716. The van der Waals surface area contributed by atoms with Crippen LogP contribution in [0.1, 0.15) is 4.88 Å². The van der Waals surface area contributed by atoms with Gasteiger partial charge < -0.3 is 14.8 Å². The first kappa shape index (κ1) is 16.9. The van der Waals surface area contributed by atoms with Gasteiger partial charge in [0.1, 0.15) is 23.6 Å². The van der Waals surface area contributed by atoms with Gasteiger partial charge in [-0.25, -0.2) is 9.97 Å². The van der Waals surface area contributed by atoms with Crippen molar-refractivity contribution >= 4 is 33.1 Å². The maximum atomic E-state index is 5.86. The molecule has 0 bridgehead atoms. The van der Waals surface area contributed by atoms with E-state index in [9.17, 15) is 0 Å². The normalized spacial score (nSPS) is 10.4. The molecule has 0 spiro atoms. The summed E-state index contributed by atoms with van der Waals surface area (Å²) in [5.74, 6) is 5.57. The Labute approximate surface area is 160 Å². The molecule has 2 aromatic carbocycles. The molecule has 5 nitrogen and oxygen atoms in total. The van der Waals surface area contributed by atoms with Crippen molar-refractivity contribution in [2.45, 2.75) is 0 Å². The largest absolute Gasteiger partial charge is 0.497 e. The van der Waals surface area contributed by atoms with Crippen molar-refractivity contribution in [1.29, 1.82) is 0 Å². The molecule has 0 radical (unpaired) electrons. The molecule has 1 N–H and O–H groups in total. The lowest BCUT2D eigenvalue weighted by Gasteiger charge is -2.09. The fraction of sp³-hybridized carbons (Fsp3) is 0.0476. The third kappa shape index (κ3) is 3.68. The van der Waals surface area contributed by atoms with Crippen LogP contribution < -0.4 is 14.8 Å². The Balaban J connectivity index is 1.53. The second-order valence-electron chi connectivity index (χ2n) is 5.62. The molecule has 0 aliphatic carbocycles. The van der Waals surface area contributed by atoms with Gasteiger partial charge in [0.25, 0.3) is 0 Å². The van der Waals surface area contributed by atoms with E-state index in [1.807, 2.05) is 54.6 Å². The summed E-state index contributed by atoms with van der Waals surface area (Å²) in [6, 6.07) is 17.0. The molecule has 2 heterocycles. The van der Waals surface area contributed by atoms with Gasteiger partial charge in [-0.3, -0.25) is 0 Å². The standard InChI is InChI=1S/C21H15N3O2S/c1-3-18-12-19-20(27-18)21(23-13-22-19)24-14-7-9-15(10-8-14)26-17-6-4-5-16(11-17)25-2/h1,4-13H,2H3,(H,22,23,24). The number of hydrogen-bond donors (Lipinski definition) is 1. The Bertz CT molecular complexity index is 1130. The zero-order valence-corrected chi connectivity index (χ0v) is 15.3. The van der Waals surface area contributed by atoms with Gasteiger partial charge >= 0.3 is 0 Å². The molecular formula is C21H15N3O2S. The van der Waals surface area contributed by atoms with Crippen molar-refractivity contribution < 1.29 is 9.47 Å². The zero-order chi connectivity index (χ0) is 18.6. The Morgan fingerprint density at radius 3 is 2.59 bits per heavy atom. The molecular weight excluding hydrogens is 358 g/mol. The molecule has 0 atom stereocenters. The van der Waals surface area contributed by atoms with E-state index < -0.39 is 0 Å². The molecule has 2 aromatic heterocycles. The van der Waals surface area contributed by atoms with Crippen LogP contribution in [0.15, 0.2) is 60.9 Å². The number of aromatic nitrogens is 2. The molecule has 0 amide bonds. The van der Waals surface area contributed by atoms with Gasteiger partial charge in [-0.1, -0.05) is 12.0 Å². The average Bonchev–Trinajstić information content (AvgIpc) is 3.14. The third-order valence-electron chi connectivity index (χ3n) is 3.85. The van der Waals surface area contributed by atoms with Crippen molar-refractivity contribution in [3.8, 4) is 29.6 Å². The first-order valence-electron chi connectivity index (χ1n) is 8.15. The molecule has 4 aromatic rings. The summed E-state index contributed by atoms with van der Waals surface area (Å²) < 4.78 is 12.0. The van der Waals surface area contributed by atoms with Crippen molar-refractivity contribution in [1.82, 2.24) is 9.97 Å². The average molecular weight is 373 g/mol. The van der Waals surface area contributed by atoms with Crippen LogP contribution in [0, 0.1) is 12.3 Å². The number of nitrogens with zero attached hydrogens (tertiary/aromatic N) is 2. The maximum Gasteiger partial charge on any atom is 0.151 e. The van der Waals surface area contributed by atoms with E-state index in [-0.39, 0.29) is 0 Å². The second kappa shape index (κ2) is 7.36. The van der Waals surface area contributed by atoms with Gasteiger partial charge in [-0.05, 0) is 42.5 Å². The number of methoxy groups -OCH3 is 1. The Morgan fingerprint density at radius 2 is 1.81 bits per heavy atom. The predicted molar refractivity (Wildman–Crippen MR) is 108 cm³/mol. The van der Waals surface area contributed by atoms with Crippen LogP contribution in [0.5, 0.6) is 17.2 Å². The van der Waals surface area contributed by atoms with Crippen molar-refractivity contribution in [2.24, 2.45) is 0 Å². The summed E-state index contributed by atoms with van der Waals surface area (Å²) in [4.78, 5) is 9.42. The van der Waals surface area contributed by atoms with Gasteiger partial charge in [0.05, 0.1) is 22.2 Å². The highest BCUT2D eigenvalue weighted by molar-refractivity contribution is 7.20. The zero-order valence-electron chi connectivity index (χ0n) is 14.5. The predicted octanol–water partition coefficient (Wildman–Crippen LogP) is 5.22. The first-order chi connectivity index (χ1) is 13.2. The van der Waals surface area contributed by atoms with E-state index in [2.05, 4.69) is 21.2 Å². The summed E-state index contributed by atoms with van der Waals surface area (Å²) in [5.41, 5.74) is 1.73.